The Morgan fingerprint density at radius 3 is 2.65 bits per heavy atom. The number of hydrogen-bond donors (Lipinski definition) is 0. The highest BCUT2D eigenvalue weighted by Crippen LogP contribution is 2.34. The van der Waals surface area contributed by atoms with Crippen molar-refractivity contribution >= 4 is 49.3 Å². The van der Waals surface area contributed by atoms with Crippen LogP contribution in [-0.4, -0.2) is 16.5 Å². The van der Waals surface area contributed by atoms with Crippen LogP contribution >= 0.6 is 27.3 Å². The summed E-state index contributed by atoms with van der Waals surface area (Å²) in [6.45, 7) is 0.437. The second-order valence-electron chi connectivity index (χ2n) is 6.93. The van der Waals surface area contributed by atoms with Gasteiger partial charge in [-0.25, -0.2) is 9.38 Å². The van der Waals surface area contributed by atoms with Gasteiger partial charge in [-0.05, 0) is 41.5 Å². The summed E-state index contributed by atoms with van der Waals surface area (Å²) in [6.07, 6.45) is 1.85. The predicted molar refractivity (Wildman–Crippen MR) is 127 cm³/mol. The van der Waals surface area contributed by atoms with Gasteiger partial charge in [0.25, 0.3) is 5.56 Å². The molecule has 0 saturated heterocycles. The van der Waals surface area contributed by atoms with Crippen molar-refractivity contribution in [2.24, 2.45) is 0 Å². The summed E-state index contributed by atoms with van der Waals surface area (Å²) in [6, 6.07) is 21.3. The molecule has 2 aromatic heterocycles. The molecule has 31 heavy (non-hydrogen) atoms. The molecule has 0 spiro atoms. The number of rotatable bonds is 5. The third kappa shape index (κ3) is 3.71. The van der Waals surface area contributed by atoms with Crippen LogP contribution in [0.1, 0.15) is 11.1 Å². The van der Waals surface area contributed by atoms with Gasteiger partial charge in [-0.3, -0.25) is 4.79 Å². The molecular formula is C24H17BrN2O3S. The molecule has 0 amide bonds. The molecule has 0 N–H and O–H groups in total. The lowest BCUT2D eigenvalue weighted by Gasteiger charge is -2.12. The van der Waals surface area contributed by atoms with Gasteiger partial charge < -0.3 is 9.47 Å². The maximum atomic E-state index is 13.0. The number of imidazole rings is 1. The summed E-state index contributed by atoms with van der Waals surface area (Å²) < 4.78 is 14.6. The number of hydrogen-bond acceptors (Lipinski definition) is 5. The van der Waals surface area contributed by atoms with Crippen LogP contribution in [0.25, 0.3) is 22.1 Å². The standard InChI is InChI=1S/C24H17BrN2O3S/c1-29-20-11-16(17(25)13-21(20)30-14-15-7-3-2-4-8-15)12-22-23(28)27-19-10-6-5-9-18(19)26-24(27)31-22/h2-13H,14H2,1H3/b22-12-. The lowest BCUT2D eigenvalue weighted by Crippen LogP contribution is -2.22. The third-order valence-corrected chi connectivity index (χ3v) is 6.61. The molecule has 0 aliphatic rings. The minimum atomic E-state index is -0.0797. The molecule has 2 heterocycles. The van der Waals surface area contributed by atoms with Crippen molar-refractivity contribution in [3.05, 3.63) is 97.2 Å². The van der Waals surface area contributed by atoms with Gasteiger partial charge in [0.1, 0.15) is 6.61 Å². The maximum Gasteiger partial charge on any atom is 0.274 e. The molecule has 0 aliphatic heterocycles. The van der Waals surface area contributed by atoms with E-state index in [9.17, 15) is 4.79 Å². The van der Waals surface area contributed by atoms with E-state index in [2.05, 4.69) is 20.9 Å². The first kappa shape index (κ1) is 19.8. The number of benzene rings is 3. The molecule has 0 atom stereocenters. The summed E-state index contributed by atoms with van der Waals surface area (Å²) >= 11 is 4.98. The van der Waals surface area contributed by atoms with E-state index in [4.69, 9.17) is 9.47 Å². The van der Waals surface area contributed by atoms with Crippen LogP contribution in [-0.2, 0) is 6.61 Å². The van der Waals surface area contributed by atoms with Crippen LogP contribution < -0.4 is 19.6 Å². The zero-order chi connectivity index (χ0) is 21.4. The number of halogens is 1. The van der Waals surface area contributed by atoms with Crippen LogP contribution in [0.2, 0.25) is 0 Å². The Kier molecular flexibility index (Phi) is 5.21. The van der Waals surface area contributed by atoms with Crippen molar-refractivity contribution < 1.29 is 9.47 Å². The van der Waals surface area contributed by atoms with E-state index >= 15 is 0 Å². The summed E-state index contributed by atoms with van der Waals surface area (Å²) in [7, 11) is 1.60. The molecule has 5 rings (SSSR count). The van der Waals surface area contributed by atoms with Crippen molar-refractivity contribution in [2.75, 3.05) is 7.11 Å². The fraction of sp³-hybridized carbons (Fsp3) is 0.0833. The summed E-state index contributed by atoms with van der Waals surface area (Å²) in [5.74, 6) is 1.23. The number of aromatic nitrogens is 2. The Balaban J connectivity index is 1.54. The minimum Gasteiger partial charge on any atom is -0.493 e. The molecule has 0 saturated carbocycles. The van der Waals surface area contributed by atoms with Gasteiger partial charge in [-0.2, -0.15) is 0 Å². The topological polar surface area (TPSA) is 52.8 Å². The zero-order valence-corrected chi connectivity index (χ0v) is 18.9. The molecule has 0 bridgehead atoms. The van der Waals surface area contributed by atoms with Gasteiger partial charge in [-0.1, -0.05) is 69.7 Å². The smallest absolute Gasteiger partial charge is 0.274 e. The van der Waals surface area contributed by atoms with Crippen LogP contribution in [0, 0.1) is 0 Å². The average Bonchev–Trinajstić information content (AvgIpc) is 3.30. The Morgan fingerprint density at radius 2 is 1.84 bits per heavy atom. The first-order valence-electron chi connectivity index (χ1n) is 9.60. The zero-order valence-electron chi connectivity index (χ0n) is 16.5. The summed E-state index contributed by atoms with van der Waals surface area (Å²) in [5, 5.41) is 0. The van der Waals surface area contributed by atoms with Crippen molar-refractivity contribution in [3.8, 4) is 11.5 Å². The highest BCUT2D eigenvalue weighted by atomic mass is 79.9. The van der Waals surface area contributed by atoms with Crippen molar-refractivity contribution in [1.29, 1.82) is 0 Å². The van der Waals surface area contributed by atoms with Gasteiger partial charge >= 0.3 is 0 Å². The second kappa shape index (κ2) is 8.17. The predicted octanol–water partition coefficient (Wildman–Crippen LogP) is 4.81. The Bertz CT molecular complexity index is 1510. The number of ether oxygens (including phenoxy) is 2. The molecule has 0 aliphatic carbocycles. The minimum absolute atomic E-state index is 0.0797. The molecule has 0 unspecified atom stereocenters. The molecule has 7 heteroatoms. The lowest BCUT2D eigenvalue weighted by atomic mass is 10.2. The molecular weight excluding hydrogens is 476 g/mol. The maximum absolute atomic E-state index is 13.0. The van der Waals surface area contributed by atoms with Gasteiger partial charge in [0.2, 0.25) is 0 Å². The van der Waals surface area contributed by atoms with Crippen LogP contribution in [0.5, 0.6) is 11.5 Å². The first-order chi connectivity index (χ1) is 15.1. The van der Waals surface area contributed by atoms with E-state index in [1.54, 1.807) is 11.5 Å². The SMILES string of the molecule is COc1cc(/C=c2\sc3nc4ccccc4n3c2=O)c(Br)cc1OCc1ccccc1. The van der Waals surface area contributed by atoms with Crippen molar-refractivity contribution in [1.82, 2.24) is 9.38 Å². The normalized spacial score (nSPS) is 12.0. The van der Waals surface area contributed by atoms with Gasteiger partial charge in [0.05, 0.1) is 22.7 Å². The van der Waals surface area contributed by atoms with Gasteiger partial charge in [0, 0.05) is 4.47 Å². The molecule has 0 radical (unpaired) electrons. The number of thiazole rings is 1. The van der Waals surface area contributed by atoms with Crippen LogP contribution in [0.15, 0.2) is 76.0 Å². The highest BCUT2D eigenvalue weighted by Gasteiger charge is 2.13. The summed E-state index contributed by atoms with van der Waals surface area (Å²) in [5.41, 5.74) is 3.46. The fourth-order valence-electron chi connectivity index (χ4n) is 3.42. The van der Waals surface area contributed by atoms with E-state index in [1.165, 1.54) is 11.3 Å². The fourth-order valence-corrected chi connectivity index (χ4v) is 4.84. The monoisotopic (exact) mass is 492 g/mol. The molecule has 5 aromatic rings. The van der Waals surface area contributed by atoms with E-state index in [1.807, 2.05) is 72.8 Å². The molecule has 154 valence electrons. The van der Waals surface area contributed by atoms with Crippen molar-refractivity contribution in [2.45, 2.75) is 6.61 Å². The van der Waals surface area contributed by atoms with E-state index in [0.29, 0.717) is 27.6 Å². The van der Waals surface area contributed by atoms with Gasteiger partial charge in [-0.15, -0.1) is 0 Å². The second-order valence-corrected chi connectivity index (χ2v) is 8.80. The molecule has 5 nitrogen and oxygen atoms in total. The molecule has 3 aromatic carbocycles. The van der Waals surface area contributed by atoms with Crippen LogP contribution in [0.4, 0.5) is 0 Å². The van der Waals surface area contributed by atoms with E-state index in [-0.39, 0.29) is 5.56 Å². The number of fused-ring (bicyclic) bond motifs is 3. The molecule has 0 fully saturated rings. The number of methoxy groups -OCH3 is 1. The Hall–Kier alpha value is -3.16. The quantitative estimate of drug-likeness (QED) is 0.353. The largest absolute Gasteiger partial charge is 0.493 e. The first-order valence-corrected chi connectivity index (χ1v) is 11.2. The van der Waals surface area contributed by atoms with Gasteiger partial charge in [0.15, 0.2) is 16.5 Å². The Labute approximate surface area is 190 Å². The third-order valence-electron chi connectivity index (χ3n) is 4.95. The highest BCUT2D eigenvalue weighted by molar-refractivity contribution is 9.10. The number of para-hydroxylation sites is 2. The lowest BCUT2D eigenvalue weighted by molar-refractivity contribution is 0.284. The number of nitrogens with zero attached hydrogens (tertiary/aromatic N) is 2. The van der Waals surface area contributed by atoms with E-state index < -0.39 is 0 Å². The Morgan fingerprint density at radius 1 is 1.06 bits per heavy atom. The summed E-state index contributed by atoms with van der Waals surface area (Å²) in [4.78, 5) is 18.3. The van der Waals surface area contributed by atoms with Crippen molar-refractivity contribution in [3.63, 3.8) is 0 Å². The average molecular weight is 493 g/mol. The van der Waals surface area contributed by atoms with Crippen LogP contribution in [0.3, 0.4) is 0 Å². The van der Waals surface area contributed by atoms with E-state index in [0.717, 1.165) is 26.6 Å².